The molecule has 1 heterocycles. The van der Waals surface area contributed by atoms with Gasteiger partial charge in [0.25, 0.3) is 11.8 Å². The number of nitrogens with one attached hydrogen (secondary N) is 2. The van der Waals surface area contributed by atoms with E-state index >= 15 is 0 Å². The third-order valence-corrected chi connectivity index (χ3v) is 6.30. The molecule has 6 nitrogen and oxygen atoms in total. The zero-order valence-corrected chi connectivity index (χ0v) is 15.9. The topological polar surface area (TPSA) is 92.3 Å². The summed E-state index contributed by atoms with van der Waals surface area (Å²) in [6, 6.07) is 13.9. The molecule has 1 atom stereocenters. The largest absolute Gasteiger partial charge is 0.348 e. The van der Waals surface area contributed by atoms with E-state index in [-0.39, 0.29) is 29.4 Å². The summed E-state index contributed by atoms with van der Waals surface area (Å²) in [5, 5.41) is 5.57. The molecule has 0 bridgehead atoms. The third kappa shape index (κ3) is 5.17. The van der Waals surface area contributed by atoms with Crippen LogP contribution in [0.5, 0.6) is 0 Å². The minimum absolute atomic E-state index is 0.0323. The smallest absolute Gasteiger partial charge is 0.251 e. The molecule has 1 fully saturated rings. The number of carbonyl (C=O) groups excluding carboxylic acids is 2. The molecule has 0 spiro atoms. The molecule has 1 aliphatic heterocycles. The van der Waals surface area contributed by atoms with E-state index in [4.69, 9.17) is 0 Å². The van der Waals surface area contributed by atoms with Crippen molar-refractivity contribution < 1.29 is 18.0 Å². The number of benzene rings is 2. The SMILES string of the molecule is Cc1ccc(CNC(=O)c2cccc(C(=O)NC3CCS(=O)(=O)C3)c2)cc1. The van der Waals surface area contributed by atoms with E-state index in [1.807, 2.05) is 31.2 Å². The minimum Gasteiger partial charge on any atom is -0.348 e. The molecule has 2 amide bonds. The highest BCUT2D eigenvalue weighted by molar-refractivity contribution is 7.91. The predicted octanol–water partition coefficient (Wildman–Crippen LogP) is 1.84. The van der Waals surface area contributed by atoms with Gasteiger partial charge in [-0.3, -0.25) is 9.59 Å². The lowest BCUT2D eigenvalue weighted by atomic mass is 10.1. The first-order chi connectivity index (χ1) is 12.8. The first-order valence-corrected chi connectivity index (χ1v) is 10.6. The van der Waals surface area contributed by atoms with Gasteiger partial charge in [0.2, 0.25) is 0 Å². The van der Waals surface area contributed by atoms with Gasteiger partial charge in [0.15, 0.2) is 9.84 Å². The molecule has 2 N–H and O–H groups in total. The quantitative estimate of drug-likeness (QED) is 0.820. The van der Waals surface area contributed by atoms with Crippen LogP contribution in [0, 0.1) is 6.92 Å². The first kappa shape index (κ1) is 19.1. The summed E-state index contributed by atoms with van der Waals surface area (Å²) in [6.45, 7) is 2.40. The van der Waals surface area contributed by atoms with Crippen molar-refractivity contribution in [2.45, 2.75) is 25.9 Å². The van der Waals surface area contributed by atoms with E-state index in [1.165, 1.54) is 6.07 Å². The van der Waals surface area contributed by atoms with Crippen LogP contribution in [0.25, 0.3) is 0 Å². The van der Waals surface area contributed by atoms with Crippen LogP contribution in [0.2, 0.25) is 0 Å². The number of rotatable bonds is 5. The fourth-order valence-electron chi connectivity index (χ4n) is 2.97. The van der Waals surface area contributed by atoms with Crippen molar-refractivity contribution in [3.63, 3.8) is 0 Å². The maximum Gasteiger partial charge on any atom is 0.251 e. The van der Waals surface area contributed by atoms with Crippen molar-refractivity contribution in [3.8, 4) is 0 Å². The molecular weight excluding hydrogens is 364 g/mol. The number of carbonyl (C=O) groups is 2. The van der Waals surface area contributed by atoms with Crippen molar-refractivity contribution in [3.05, 3.63) is 70.8 Å². The first-order valence-electron chi connectivity index (χ1n) is 8.77. The van der Waals surface area contributed by atoms with E-state index in [9.17, 15) is 18.0 Å². The molecule has 1 aliphatic rings. The van der Waals surface area contributed by atoms with E-state index in [0.29, 0.717) is 24.1 Å². The average molecular weight is 386 g/mol. The van der Waals surface area contributed by atoms with Crippen LogP contribution in [0.15, 0.2) is 48.5 Å². The Morgan fingerprint density at radius 2 is 1.70 bits per heavy atom. The Hall–Kier alpha value is -2.67. The van der Waals surface area contributed by atoms with E-state index in [2.05, 4.69) is 10.6 Å². The molecule has 0 aromatic heterocycles. The second-order valence-corrected chi connectivity index (χ2v) is 9.05. The van der Waals surface area contributed by atoms with Gasteiger partial charge >= 0.3 is 0 Å². The molecule has 2 aromatic carbocycles. The number of hydrogen-bond acceptors (Lipinski definition) is 4. The van der Waals surface area contributed by atoms with Gasteiger partial charge in [-0.2, -0.15) is 0 Å². The lowest BCUT2D eigenvalue weighted by Crippen LogP contribution is -2.35. The number of amides is 2. The maximum absolute atomic E-state index is 12.4. The van der Waals surface area contributed by atoms with Crippen LogP contribution >= 0.6 is 0 Å². The monoisotopic (exact) mass is 386 g/mol. The molecule has 7 heteroatoms. The fourth-order valence-corrected chi connectivity index (χ4v) is 4.64. The molecule has 0 aliphatic carbocycles. The molecule has 27 heavy (non-hydrogen) atoms. The Morgan fingerprint density at radius 1 is 1.04 bits per heavy atom. The van der Waals surface area contributed by atoms with Crippen LogP contribution < -0.4 is 10.6 Å². The minimum atomic E-state index is -3.06. The summed E-state index contributed by atoms with van der Waals surface area (Å²) in [4.78, 5) is 24.7. The number of sulfone groups is 1. The van der Waals surface area contributed by atoms with Gasteiger partial charge in [0.1, 0.15) is 0 Å². The van der Waals surface area contributed by atoms with Gasteiger partial charge in [-0.1, -0.05) is 35.9 Å². The number of aryl methyl sites for hydroxylation is 1. The maximum atomic E-state index is 12.4. The molecule has 0 saturated carbocycles. The van der Waals surface area contributed by atoms with Gasteiger partial charge in [-0.25, -0.2) is 8.42 Å². The van der Waals surface area contributed by atoms with Crippen molar-refractivity contribution >= 4 is 21.7 Å². The zero-order valence-electron chi connectivity index (χ0n) is 15.1. The molecule has 2 aromatic rings. The Kier molecular flexibility index (Phi) is 5.60. The molecule has 142 valence electrons. The van der Waals surface area contributed by atoms with E-state index in [1.54, 1.807) is 18.2 Å². The highest BCUT2D eigenvalue weighted by Gasteiger charge is 2.29. The Balaban J connectivity index is 1.61. The molecule has 1 unspecified atom stereocenters. The standard InChI is InChI=1S/C20H22N2O4S/c1-14-5-7-15(8-6-14)12-21-19(23)16-3-2-4-17(11-16)20(24)22-18-9-10-27(25,26)13-18/h2-8,11,18H,9-10,12-13H2,1H3,(H,21,23)(H,22,24). The van der Waals surface area contributed by atoms with Crippen LogP contribution in [-0.2, 0) is 16.4 Å². The summed E-state index contributed by atoms with van der Waals surface area (Å²) in [5.41, 5.74) is 2.86. The summed E-state index contributed by atoms with van der Waals surface area (Å²) in [7, 11) is -3.06. The van der Waals surface area contributed by atoms with Crippen LogP contribution in [0.1, 0.15) is 38.3 Å². The summed E-state index contributed by atoms with van der Waals surface area (Å²) >= 11 is 0. The second kappa shape index (κ2) is 7.92. The molecule has 1 saturated heterocycles. The van der Waals surface area contributed by atoms with Gasteiger partial charge in [0, 0.05) is 23.7 Å². The zero-order chi connectivity index (χ0) is 19.4. The summed E-state index contributed by atoms with van der Waals surface area (Å²) < 4.78 is 23.0. The van der Waals surface area contributed by atoms with E-state index in [0.717, 1.165) is 11.1 Å². The van der Waals surface area contributed by atoms with Gasteiger partial charge in [0.05, 0.1) is 11.5 Å². The highest BCUT2D eigenvalue weighted by atomic mass is 32.2. The molecule has 3 rings (SSSR count). The van der Waals surface area contributed by atoms with E-state index < -0.39 is 9.84 Å². The van der Waals surface area contributed by atoms with Gasteiger partial charge < -0.3 is 10.6 Å². The predicted molar refractivity (Wildman–Crippen MR) is 103 cm³/mol. The van der Waals surface area contributed by atoms with Gasteiger partial charge in [-0.05, 0) is 37.1 Å². The summed E-state index contributed by atoms with van der Waals surface area (Å²) in [5.74, 6) is -0.576. The number of hydrogen-bond donors (Lipinski definition) is 2. The Morgan fingerprint density at radius 3 is 2.33 bits per heavy atom. The van der Waals surface area contributed by atoms with Crippen molar-refractivity contribution in [2.24, 2.45) is 0 Å². The molecular formula is C20H22N2O4S. The highest BCUT2D eigenvalue weighted by Crippen LogP contribution is 2.13. The second-order valence-electron chi connectivity index (χ2n) is 6.82. The van der Waals surface area contributed by atoms with Crippen LogP contribution in [0.4, 0.5) is 0 Å². The fraction of sp³-hybridized carbons (Fsp3) is 0.300. The summed E-state index contributed by atoms with van der Waals surface area (Å²) in [6.07, 6.45) is 0.421. The molecule has 0 radical (unpaired) electrons. The van der Waals surface area contributed by atoms with Crippen LogP contribution in [-0.4, -0.2) is 37.8 Å². The average Bonchev–Trinajstić information content (AvgIpc) is 2.99. The lowest BCUT2D eigenvalue weighted by molar-refractivity contribution is 0.0941. The van der Waals surface area contributed by atoms with Crippen molar-refractivity contribution in [1.29, 1.82) is 0 Å². The van der Waals surface area contributed by atoms with Gasteiger partial charge in [-0.15, -0.1) is 0 Å². The Bertz CT molecular complexity index is 952. The van der Waals surface area contributed by atoms with Crippen LogP contribution in [0.3, 0.4) is 0 Å². The Labute approximate surface area is 158 Å². The van der Waals surface area contributed by atoms with Crippen molar-refractivity contribution in [2.75, 3.05) is 11.5 Å². The van der Waals surface area contributed by atoms with Crippen molar-refractivity contribution in [1.82, 2.24) is 10.6 Å². The normalized spacial score (nSPS) is 18.0. The third-order valence-electron chi connectivity index (χ3n) is 4.53. The lowest BCUT2D eigenvalue weighted by Gasteiger charge is -2.12.